The van der Waals surface area contributed by atoms with Crippen LogP contribution in [0.25, 0.3) is 0 Å². The second kappa shape index (κ2) is 9.66. The molecule has 2 aromatic heterocycles. The van der Waals surface area contributed by atoms with E-state index in [-0.39, 0.29) is 12.1 Å². The third-order valence-corrected chi connectivity index (χ3v) is 5.88. The molecule has 30 heavy (non-hydrogen) atoms. The summed E-state index contributed by atoms with van der Waals surface area (Å²) in [4.78, 5) is 9.86. The standard InChI is InChI=1S/C22H34N6O2/c1-4-23-22(28-11-12-29-21(16-28)18-13-25-26(3)15-18)24-14-19(27-9-5-6-10-27)20-8-7-17(2)30-20/h7-8,13,15,19,21H,4-6,9-12,14,16H2,1-3H3,(H,23,24). The lowest BCUT2D eigenvalue weighted by molar-refractivity contribution is -0.00809. The van der Waals surface area contributed by atoms with E-state index in [2.05, 4.69) is 33.2 Å². The van der Waals surface area contributed by atoms with E-state index in [1.165, 1.54) is 12.8 Å². The van der Waals surface area contributed by atoms with Crippen LogP contribution in [0.1, 0.15) is 49.0 Å². The van der Waals surface area contributed by atoms with Crippen molar-refractivity contribution in [1.29, 1.82) is 0 Å². The van der Waals surface area contributed by atoms with Gasteiger partial charge in [-0.2, -0.15) is 5.10 Å². The maximum atomic E-state index is 6.01. The van der Waals surface area contributed by atoms with E-state index in [0.29, 0.717) is 13.2 Å². The molecule has 164 valence electrons. The van der Waals surface area contributed by atoms with Crippen LogP contribution >= 0.6 is 0 Å². The number of morpholine rings is 1. The van der Waals surface area contributed by atoms with E-state index in [1.807, 2.05) is 37.1 Å². The lowest BCUT2D eigenvalue weighted by Gasteiger charge is -2.35. The highest BCUT2D eigenvalue weighted by molar-refractivity contribution is 5.80. The summed E-state index contributed by atoms with van der Waals surface area (Å²) in [5, 5.41) is 7.78. The first-order valence-corrected chi connectivity index (χ1v) is 11.1. The second-order valence-electron chi connectivity index (χ2n) is 8.15. The fraction of sp³-hybridized carbons (Fsp3) is 0.636. The Bertz CT molecular complexity index is 838. The molecule has 2 atom stereocenters. The minimum Gasteiger partial charge on any atom is -0.465 e. The zero-order chi connectivity index (χ0) is 20.9. The molecule has 0 saturated carbocycles. The number of aromatic nitrogens is 2. The van der Waals surface area contributed by atoms with Crippen LogP contribution < -0.4 is 5.32 Å². The van der Waals surface area contributed by atoms with Gasteiger partial charge in [0.05, 0.1) is 31.9 Å². The summed E-state index contributed by atoms with van der Waals surface area (Å²) in [7, 11) is 1.93. The predicted octanol–water partition coefficient (Wildman–Crippen LogP) is 2.50. The maximum absolute atomic E-state index is 6.01. The highest BCUT2D eigenvalue weighted by Crippen LogP contribution is 2.27. The van der Waals surface area contributed by atoms with Crippen molar-refractivity contribution >= 4 is 5.96 Å². The summed E-state index contributed by atoms with van der Waals surface area (Å²) in [6.45, 7) is 10.1. The van der Waals surface area contributed by atoms with Crippen molar-refractivity contribution in [3.05, 3.63) is 41.6 Å². The molecule has 8 heteroatoms. The van der Waals surface area contributed by atoms with Crippen LogP contribution in [0, 0.1) is 6.92 Å². The lowest BCUT2D eigenvalue weighted by atomic mass is 10.1. The Kier molecular flexibility index (Phi) is 6.74. The largest absolute Gasteiger partial charge is 0.465 e. The van der Waals surface area contributed by atoms with Crippen molar-refractivity contribution < 1.29 is 9.15 Å². The fourth-order valence-electron chi connectivity index (χ4n) is 4.32. The minimum atomic E-state index is 0.0124. The Balaban J connectivity index is 1.50. The summed E-state index contributed by atoms with van der Waals surface area (Å²) in [5.74, 6) is 2.92. The van der Waals surface area contributed by atoms with Gasteiger partial charge in [-0.05, 0) is 51.9 Å². The van der Waals surface area contributed by atoms with E-state index in [1.54, 1.807) is 0 Å². The Morgan fingerprint density at radius 3 is 2.80 bits per heavy atom. The third-order valence-electron chi connectivity index (χ3n) is 5.88. The van der Waals surface area contributed by atoms with Gasteiger partial charge in [0.2, 0.25) is 0 Å². The predicted molar refractivity (Wildman–Crippen MR) is 116 cm³/mol. The van der Waals surface area contributed by atoms with Crippen molar-refractivity contribution in [2.45, 2.75) is 38.8 Å². The number of nitrogens with one attached hydrogen (secondary N) is 1. The fourth-order valence-corrected chi connectivity index (χ4v) is 4.32. The molecule has 0 aromatic carbocycles. The molecule has 2 fully saturated rings. The van der Waals surface area contributed by atoms with E-state index >= 15 is 0 Å². The van der Waals surface area contributed by atoms with Crippen LogP contribution in [-0.4, -0.2) is 71.4 Å². The molecule has 2 saturated heterocycles. The van der Waals surface area contributed by atoms with E-state index in [9.17, 15) is 0 Å². The number of guanidine groups is 1. The zero-order valence-corrected chi connectivity index (χ0v) is 18.4. The van der Waals surface area contributed by atoms with Crippen LogP contribution in [-0.2, 0) is 11.8 Å². The summed E-state index contributed by atoms with van der Waals surface area (Å²) in [6, 6.07) is 4.34. The molecular weight excluding hydrogens is 380 g/mol. The number of rotatable bonds is 6. The molecule has 0 bridgehead atoms. The molecule has 2 aliphatic rings. The highest BCUT2D eigenvalue weighted by atomic mass is 16.5. The van der Waals surface area contributed by atoms with Crippen molar-refractivity contribution in [3.8, 4) is 0 Å². The summed E-state index contributed by atoms with van der Waals surface area (Å²) >= 11 is 0. The van der Waals surface area contributed by atoms with Gasteiger partial charge in [0.25, 0.3) is 0 Å². The van der Waals surface area contributed by atoms with Gasteiger partial charge < -0.3 is 19.4 Å². The van der Waals surface area contributed by atoms with Crippen LogP contribution in [0.4, 0.5) is 0 Å². The van der Waals surface area contributed by atoms with Gasteiger partial charge in [0, 0.05) is 31.9 Å². The van der Waals surface area contributed by atoms with Gasteiger partial charge in [-0.1, -0.05) is 0 Å². The minimum absolute atomic E-state index is 0.0124. The smallest absolute Gasteiger partial charge is 0.194 e. The maximum Gasteiger partial charge on any atom is 0.194 e. The molecular formula is C22H34N6O2. The normalized spacial score (nSPS) is 21.9. The van der Waals surface area contributed by atoms with Crippen molar-refractivity contribution in [2.24, 2.45) is 12.0 Å². The van der Waals surface area contributed by atoms with Gasteiger partial charge in [-0.15, -0.1) is 0 Å². The van der Waals surface area contributed by atoms with Gasteiger partial charge in [-0.25, -0.2) is 0 Å². The quantitative estimate of drug-likeness (QED) is 0.579. The van der Waals surface area contributed by atoms with E-state index in [4.69, 9.17) is 14.1 Å². The zero-order valence-electron chi connectivity index (χ0n) is 18.4. The number of aliphatic imine (C=N–C) groups is 1. The Morgan fingerprint density at radius 2 is 2.13 bits per heavy atom. The van der Waals surface area contributed by atoms with Gasteiger partial charge >= 0.3 is 0 Å². The first-order chi connectivity index (χ1) is 14.6. The molecule has 1 N–H and O–H groups in total. The molecule has 2 unspecified atom stereocenters. The van der Waals surface area contributed by atoms with Crippen molar-refractivity contribution in [2.75, 3.05) is 45.9 Å². The Morgan fingerprint density at radius 1 is 1.30 bits per heavy atom. The van der Waals surface area contributed by atoms with Crippen LogP contribution in [0.15, 0.2) is 33.9 Å². The molecule has 4 heterocycles. The average Bonchev–Trinajstić information content (AvgIpc) is 3.51. The van der Waals surface area contributed by atoms with Crippen molar-refractivity contribution in [3.63, 3.8) is 0 Å². The summed E-state index contributed by atoms with van der Waals surface area (Å²) in [6.07, 6.45) is 6.42. The third kappa shape index (κ3) is 4.87. The number of hydrogen-bond donors (Lipinski definition) is 1. The number of hydrogen-bond acceptors (Lipinski definition) is 5. The van der Waals surface area contributed by atoms with Crippen LogP contribution in [0.3, 0.4) is 0 Å². The Labute approximate surface area is 178 Å². The molecule has 0 aliphatic carbocycles. The molecule has 4 rings (SSSR count). The van der Waals surface area contributed by atoms with E-state index in [0.717, 1.165) is 55.8 Å². The molecule has 0 radical (unpaired) electrons. The van der Waals surface area contributed by atoms with Crippen LogP contribution in [0.5, 0.6) is 0 Å². The molecule has 2 aromatic rings. The highest BCUT2D eigenvalue weighted by Gasteiger charge is 2.28. The topological polar surface area (TPSA) is 71.1 Å². The molecule has 2 aliphatic heterocycles. The first-order valence-electron chi connectivity index (χ1n) is 11.1. The number of ether oxygens (including phenoxy) is 1. The van der Waals surface area contributed by atoms with Gasteiger partial charge in [0.1, 0.15) is 17.6 Å². The number of nitrogens with zero attached hydrogens (tertiary/aromatic N) is 5. The van der Waals surface area contributed by atoms with Gasteiger partial charge in [0.15, 0.2) is 5.96 Å². The monoisotopic (exact) mass is 414 g/mol. The summed E-state index contributed by atoms with van der Waals surface area (Å²) in [5.41, 5.74) is 1.11. The Hall–Kier alpha value is -2.32. The van der Waals surface area contributed by atoms with E-state index < -0.39 is 0 Å². The number of aryl methyl sites for hydroxylation is 2. The van der Waals surface area contributed by atoms with Crippen LogP contribution in [0.2, 0.25) is 0 Å². The summed E-state index contributed by atoms with van der Waals surface area (Å²) < 4.78 is 13.8. The molecule has 0 amide bonds. The first kappa shape index (κ1) is 20.9. The average molecular weight is 415 g/mol. The molecule has 8 nitrogen and oxygen atoms in total. The molecule has 0 spiro atoms. The SMILES string of the molecule is CCNC(=NCC(c1ccc(C)o1)N1CCCC1)N1CCOC(c2cnn(C)c2)C1. The second-order valence-corrected chi connectivity index (χ2v) is 8.15. The number of furan rings is 1. The lowest BCUT2D eigenvalue weighted by Crippen LogP contribution is -2.48. The van der Waals surface area contributed by atoms with Crippen molar-refractivity contribution in [1.82, 2.24) is 24.9 Å². The van der Waals surface area contributed by atoms with Gasteiger partial charge in [-0.3, -0.25) is 14.6 Å². The number of likely N-dealkylation sites (tertiary alicyclic amines) is 1.